The van der Waals surface area contributed by atoms with Crippen LogP contribution in [0.1, 0.15) is 5.56 Å². The Labute approximate surface area is 153 Å². The van der Waals surface area contributed by atoms with Gasteiger partial charge in [0, 0.05) is 12.6 Å². The fourth-order valence-electron chi connectivity index (χ4n) is 2.57. The van der Waals surface area contributed by atoms with Crippen molar-refractivity contribution in [3.05, 3.63) is 71.7 Å². The smallest absolute Gasteiger partial charge is 0.318 e. The summed E-state index contributed by atoms with van der Waals surface area (Å²) in [6.45, 7) is 0.301. The van der Waals surface area contributed by atoms with Gasteiger partial charge in [0.15, 0.2) is 5.82 Å². The van der Waals surface area contributed by atoms with Crippen LogP contribution >= 0.6 is 11.6 Å². The number of hydrogen-bond acceptors (Lipinski definition) is 5. The molecule has 130 valence electrons. The van der Waals surface area contributed by atoms with Gasteiger partial charge in [-0.3, -0.25) is 4.57 Å². The standard InChI is InChI=1S/C18H13ClFN5O/c19-13-10-22-18(26-8-6-12-5-7-21-16(20)9-12)24-17(13)25-11-23-14-3-1-2-4-15(14)25/h1-5,7,9-11H,6,8H2. The summed E-state index contributed by atoms with van der Waals surface area (Å²) in [6, 6.07) is 11.0. The quantitative estimate of drug-likeness (QED) is 0.503. The van der Waals surface area contributed by atoms with Gasteiger partial charge in [0.25, 0.3) is 0 Å². The minimum absolute atomic E-state index is 0.191. The van der Waals surface area contributed by atoms with Crippen molar-refractivity contribution < 1.29 is 9.13 Å². The van der Waals surface area contributed by atoms with Crippen LogP contribution in [0, 0.1) is 5.95 Å². The van der Waals surface area contributed by atoms with Gasteiger partial charge in [-0.1, -0.05) is 23.7 Å². The lowest BCUT2D eigenvalue weighted by Gasteiger charge is -2.09. The van der Waals surface area contributed by atoms with Crippen LogP contribution in [0.2, 0.25) is 5.02 Å². The minimum atomic E-state index is -0.514. The molecule has 0 saturated heterocycles. The monoisotopic (exact) mass is 369 g/mol. The number of para-hydroxylation sites is 2. The number of nitrogens with zero attached hydrogens (tertiary/aromatic N) is 5. The first kappa shape index (κ1) is 16.4. The predicted octanol–water partition coefficient (Wildman–Crippen LogP) is 3.62. The van der Waals surface area contributed by atoms with Crippen LogP contribution in [-0.4, -0.2) is 31.1 Å². The molecule has 0 atom stereocenters. The first-order valence-corrected chi connectivity index (χ1v) is 8.27. The summed E-state index contributed by atoms with van der Waals surface area (Å²) < 4.78 is 20.5. The highest BCUT2D eigenvalue weighted by molar-refractivity contribution is 6.32. The second-order valence-corrected chi connectivity index (χ2v) is 5.92. The van der Waals surface area contributed by atoms with Crippen LogP contribution in [0.25, 0.3) is 16.9 Å². The molecule has 0 fully saturated rings. The van der Waals surface area contributed by atoms with Crippen molar-refractivity contribution in [3.8, 4) is 11.8 Å². The molecule has 4 rings (SSSR count). The van der Waals surface area contributed by atoms with E-state index in [2.05, 4.69) is 19.9 Å². The van der Waals surface area contributed by atoms with E-state index in [1.165, 1.54) is 18.5 Å². The van der Waals surface area contributed by atoms with Crippen molar-refractivity contribution in [2.45, 2.75) is 6.42 Å². The molecule has 0 aliphatic rings. The summed E-state index contributed by atoms with van der Waals surface area (Å²) >= 11 is 6.26. The number of pyridine rings is 1. The van der Waals surface area contributed by atoms with Gasteiger partial charge in [-0.25, -0.2) is 15.0 Å². The number of aromatic nitrogens is 5. The molecule has 6 nitrogen and oxygen atoms in total. The normalized spacial score (nSPS) is 11.0. The van der Waals surface area contributed by atoms with E-state index in [-0.39, 0.29) is 6.01 Å². The summed E-state index contributed by atoms with van der Waals surface area (Å²) in [7, 11) is 0. The van der Waals surface area contributed by atoms with Gasteiger partial charge >= 0.3 is 6.01 Å². The summed E-state index contributed by atoms with van der Waals surface area (Å²) in [6.07, 6.45) is 5.07. The molecule has 0 amide bonds. The number of rotatable bonds is 5. The third kappa shape index (κ3) is 3.34. The molecule has 3 aromatic heterocycles. The van der Waals surface area contributed by atoms with Gasteiger partial charge in [-0.2, -0.15) is 9.37 Å². The van der Waals surface area contributed by atoms with Gasteiger partial charge < -0.3 is 4.74 Å². The van der Waals surface area contributed by atoms with Crippen LogP contribution in [0.3, 0.4) is 0 Å². The third-order valence-corrected chi connectivity index (χ3v) is 4.06. The van der Waals surface area contributed by atoms with Crippen molar-refractivity contribution in [2.24, 2.45) is 0 Å². The highest BCUT2D eigenvalue weighted by Gasteiger charge is 2.12. The Kier molecular flexibility index (Phi) is 4.45. The predicted molar refractivity (Wildman–Crippen MR) is 95.1 cm³/mol. The third-order valence-electron chi connectivity index (χ3n) is 3.80. The summed E-state index contributed by atoms with van der Waals surface area (Å²) in [5.41, 5.74) is 2.50. The van der Waals surface area contributed by atoms with Gasteiger partial charge in [0.2, 0.25) is 5.95 Å². The SMILES string of the molecule is Fc1cc(CCOc2ncc(Cl)c(-n3cnc4ccccc43)n2)ccn1. The van der Waals surface area contributed by atoms with E-state index in [0.29, 0.717) is 23.9 Å². The number of ether oxygens (including phenoxy) is 1. The molecule has 0 unspecified atom stereocenters. The Bertz CT molecular complexity index is 1070. The molecule has 0 aliphatic heterocycles. The zero-order valence-corrected chi connectivity index (χ0v) is 14.3. The van der Waals surface area contributed by atoms with Crippen molar-refractivity contribution >= 4 is 22.6 Å². The molecule has 0 N–H and O–H groups in total. The maximum atomic E-state index is 13.1. The van der Waals surface area contributed by atoms with E-state index in [1.807, 2.05) is 24.3 Å². The molecule has 0 radical (unpaired) electrons. The fourth-order valence-corrected chi connectivity index (χ4v) is 2.75. The van der Waals surface area contributed by atoms with Crippen LogP contribution in [0.4, 0.5) is 4.39 Å². The van der Waals surface area contributed by atoms with Crippen LogP contribution in [-0.2, 0) is 6.42 Å². The molecular formula is C18H13ClFN5O. The molecule has 0 aliphatic carbocycles. The average Bonchev–Trinajstić information content (AvgIpc) is 3.07. The highest BCUT2D eigenvalue weighted by Crippen LogP contribution is 2.23. The maximum Gasteiger partial charge on any atom is 0.318 e. The summed E-state index contributed by atoms with van der Waals surface area (Å²) in [4.78, 5) is 16.3. The molecule has 0 spiro atoms. The lowest BCUT2D eigenvalue weighted by Crippen LogP contribution is -2.07. The van der Waals surface area contributed by atoms with Gasteiger partial charge in [0.1, 0.15) is 11.3 Å². The molecule has 1 aromatic carbocycles. The second kappa shape index (κ2) is 7.05. The number of hydrogen-bond donors (Lipinski definition) is 0. The number of imidazole rings is 1. The van der Waals surface area contributed by atoms with Crippen molar-refractivity contribution in [3.63, 3.8) is 0 Å². The Balaban J connectivity index is 1.55. The zero-order valence-electron chi connectivity index (χ0n) is 13.5. The number of benzene rings is 1. The Morgan fingerprint density at radius 3 is 2.88 bits per heavy atom. The highest BCUT2D eigenvalue weighted by atomic mass is 35.5. The maximum absolute atomic E-state index is 13.1. The summed E-state index contributed by atoms with van der Waals surface area (Å²) in [5.74, 6) is -0.0279. The first-order chi connectivity index (χ1) is 12.7. The van der Waals surface area contributed by atoms with Crippen molar-refractivity contribution in [1.29, 1.82) is 0 Å². The summed E-state index contributed by atoms with van der Waals surface area (Å²) in [5, 5.41) is 0.386. The van der Waals surface area contributed by atoms with Crippen LogP contribution < -0.4 is 4.74 Å². The van der Waals surface area contributed by atoms with Gasteiger partial charge in [-0.15, -0.1) is 0 Å². The van der Waals surface area contributed by atoms with Crippen molar-refractivity contribution in [1.82, 2.24) is 24.5 Å². The molecular weight excluding hydrogens is 357 g/mol. The number of fused-ring (bicyclic) bond motifs is 1. The van der Waals surface area contributed by atoms with Gasteiger partial charge in [0.05, 0.1) is 23.8 Å². The largest absolute Gasteiger partial charge is 0.463 e. The molecule has 4 aromatic rings. The first-order valence-electron chi connectivity index (χ1n) is 7.89. The Morgan fingerprint density at radius 1 is 1.12 bits per heavy atom. The molecule has 8 heteroatoms. The molecule has 0 saturated carbocycles. The zero-order chi connectivity index (χ0) is 17.9. The molecule has 0 bridgehead atoms. The molecule has 26 heavy (non-hydrogen) atoms. The fraction of sp³-hybridized carbons (Fsp3) is 0.111. The van der Waals surface area contributed by atoms with Gasteiger partial charge in [-0.05, 0) is 29.8 Å². The lowest BCUT2D eigenvalue weighted by atomic mass is 10.2. The number of halogens is 2. The minimum Gasteiger partial charge on any atom is -0.463 e. The molecule has 3 heterocycles. The van der Waals surface area contributed by atoms with E-state index in [4.69, 9.17) is 16.3 Å². The average molecular weight is 370 g/mol. The van der Waals surface area contributed by atoms with Crippen LogP contribution in [0.5, 0.6) is 6.01 Å². The van der Waals surface area contributed by atoms with E-state index < -0.39 is 5.95 Å². The van der Waals surface area contributed by atoms with E-state index in [9.17, 15) is 4.39 Å². The van der Waals surface area contributed by atoms with E-state index in [0.717, 1.165) is 16.6 Å². The topological polar surface area (TPSA) is 65.7 Å². The lowest BCUT2D eigenvalue weighted by molar-refractivity contribution is 0.295. The Hall–Kier alpha value is -3.06. The Morgan fingerprint density at radius 2 is 2.00 bits per heavy atom. The van der Waals surface area contributed by atoms with Crippen LogP contribution in [0.15, 0.2) is 55.1 Å². The van der Waals surface area contributed by atoms with E-state index in [1.54, 1.807) is 17.0 Å². The van der Waals surface area contributed by atoms with E-state index >= 15 is 0 Å². The second-order valence-electron chi connectivity index (χ2n) is 5.51. The van der Waals surface area contributed by atoms with Crippen molar-refractivity contribution in [2.75, 3.05) is 6.61 Å².